The van der Waals surface area contributed by atoms with Crippen molar-refractivity contribution < 1.29 is 14.6 Å². The predicted molar refractivity (Wildman–Crippen MR) is 60.9 cm³/mol. The number of rotatable bonds is 4. The molecule has 0 heterocycles. The first-order valence-electron chi connectivity index (χ1n) is 5.26. The summed E-state index contributed by atoms with van der Waals surface area (Å²) in [6, 6.07) is 7.44. The summed E-state index contributed by atoms with van der Waals surface area (Å²) in [5, 5.41) is 10.1. The number of hydrogen-bond donors (Lipinski definition) is 2. The maximum atomic E-state index is 10.7. The van der Waals surface area contributed by atoms with Gasteiger partial charge in [-0.25, -0.2) is 4.79 Å². The first-order chi connectivity index (χ1) is 7.56. The van der Waals surface area contributed by atoms with Crippen LogP contribution in [0.15, 0.2) is 24.3 Å². The predicted octanol–water partition coefficient (Wildman–Crippen LogP) is 1.90. The lowest BCUT2D eigenvalue weighted by atomic mass is 9.98. The third kappa shape index (κ3) is 2.97. The van der Waals surface area contributed by atoms with Gasteiger partial charge in [-0.2, -0.15) is 0 Å². The second kappa shape index (κ2) is 5.51. The second-order valence-electron chi connectivity index (χ2n) is 3.69. The summed E-state index contributed by atoms with van der Waals surface area (Å²) in [6.07, 6.45) is -1.78. The molecule has 2 atom stereocenters. The van der Waals surface area contributed by atoms with Crippen LogP contribution >= 0.6 is 0 Å². The van der Waals surface area contributed by atoms with Crippen LogP contribution in [0.1, 0.15) is 30.6 Å². The smallest absolute Gasteiger partial charge is 0.404 e. The molecule has 88 valence electrons. The van der Waals surface area contributed by atoms with Gasteiger partial charge in [0.2, 0.25) is 0 Å². The Morgan fingerprint density at radius 1 is 1.50 bits per heavy atom. The third-order valence-electron chi connectivity index (χ3n) is 2.53. The Balaban J connectivity index is 2.86. The molecular formula is C12H17NO3. The molecule has 1 amide bonds. The highest BCUT2D eigenvalue weighted by molar-refractivity contribution is 5.64. The highest BCUT2D eigenvalue weighted by Crippen LogP contribution is 2.24. The van der Waals surface area contributed by atoms with Crippen molar-refractivity contribution >= 4 is 6.09 Å². The first-order valence-corrected chi connectivity index (χ1v) is 5.26. The Morgan fingerprint density at radius 3 is 2.62 bits per heavy atom. The van der Waals surface area contributed by atoms with Crippen molar-refractivity contribution in [2.45, 2.75) is 32.5 Å². The van der Waals surface area contributed by atoms with Gasteiger partial charge in [0, 0.05) is 0 Å². The molecule has 2 unspecified atom stereocenters. The fourth-order valence-corrected chi connectivity index (χ4v) is 1.64. The van der Waals surface area contributed by atoms with E-state index in [4.69, 9.17) is 10.5 Å². The third-order valence-corrected chi connectivity index (χ3v) is 2.53. The number of carbonyl (C=O) groups excluding carboxylic acids is 1. The van der Waals surface area contributed by atoms with Crippen LogP contribution in [0.3, 0.4) is 0 Å². The Kier molecular flexibility index (Phi) is 4.31. The van der Waals surface area contributed by atoms with Crippen LogP contribution in [0.2, 0.25) is 0 Å². The zero-order valence-electron chi connectivity index (χ0n) is 9.51. The summed E-state index contributed by atoms with van der Waals surface area (Å²) < 4.78 is 4.86. The zero-order chi connectivity index (χ0) is 12.1. The van der Waals surface area contributed by atoms with Crippen molar-refractivity contribution in [3.63, 3.8) is 0 Å². The van der Waals surface area contributed by atoms with Crippen molar-refractivity contribution in [2.24, 2.45) is 5.73 Å². The Morgan fingerprint density at radius 2 is 2.12 bits per heavy atom. The first kappa shape index (κ1) is 12.5. The van der Waals surface area contributed by atoms with E-state index in [0.717, 1.165) is 11.1 Å². The van der Waals surface area contributed by atoms with Crippen LogP contribution in [0.4, 0.5) is 4.79 Å². The van der Waals surface area contributed by atoms with Gasteiger partial charge in [0.05, 0.1) is 0 Å². The summed E-state index contributed by atoms with van der Waals surface area (Å²) in [6.45, 7) is 3.73. The molecule has 0 fully saturated rings. The minimum Gasteiger partial charge on any atom is -0.443 e. The van der Waals surface area contributed by atoms with Crippen LogP contribution in [-0.4, -0.2) is 17.3 Å². The van der Waals surface area contributed by atoms with E-state index in [2.05, 4.69) is 0 Å². The molecular weight excluding hydrogens is 206 g/mol. The number of amides is 1. The quantitative estimate of drug-likeness (QED) is 0.818. The number of benzene rings is 1. The number of carbonyl (C=O) groups is 1. The van der Waals surface area contributed by atoms with Crippen molar-refractivity contribution in [2.75, 3.05) is 0 Å². The van der Waals surface area contributed by atoms with Crippen LogP contribution < -0.4 is 5.73 Å². The summed E-state index contributed by atoms with van der Waals surface area (Å²) in [4.78, 5) is 10.7. The van der Waals surface area contributed by atoms with Crippen LogP contribution in [0.5, 0.6) is 0 Å². The van der Waals surface area contributed by atoms with Crippen LogP contribution in [-0.2, 0) is 4.74 Å². The molecule has 0 aliphatic heterocycles. The topological polar surface area (TPSA) is 72.5 Å². The highest BCUT2D eigenvalue weighted by atomic mass is 16.6. The number of primary amides is 1. The van der Waals surface area contributed by atoms with Gasteiger partial charge in [0.25, 0.3) is 0 Å². The van der Waals surface area contributed by atoms with Crippen molar-refractivity contribution in [3.05, 3.63) is 35.4 Å². The van der Waals surface area contributed by atoms with Crippen LogP contribution in [0.25, 0.3) is 0 Å². The largest absolute Gasteiger partial charge is 0.443 e. The minimum atomic E-state index is -0.862. The monoisotopic (exact) mass is 223 g/mol. The maximum Gasteiger partial charge on any atom is 0.404 e. The van der Waals surface area contributed by atoms with E-state index in [1.807, 2.05) is 38.1 Å². The fourth-order valence-electron chi connectivity index (χ4n) is 1.64. The lowest BCUT2D eigenvalue weighted by Crippen LogP contribution is -2.28. The molecule has 1 aromatic rings. The Bertz CT molecular complexity index is 365. The lowest BCUT2D eigenvalue weighted by molar-refractivity contribution is 0.00306. The van der Waals surface area contributed by atoms with Gasteiger partial charge < -0.3 is 15.6 Å². The zero-order valence-corrected chi connectivity index (χ0v) is 9.51. The van der Waals surface area contributed by atoms with E-state index < -0.39 is 18.3 Å². The molecule has 0 aliphatic rings. The normalized spacial score (nSPS) is 14.2. The van der Waals surface area contributed by atoms with E-state index in [1.54, 1.807) is 0 Å². The molecule has 0 saturated carbocycles. The molecule has 0 radical (unpaired) electrons. The molecule has 1 rings (SSSR count). The molecule has 0 aliphatic carbocycles. The van der Waals surface area contributed by atoms with Gasteiger partial charge in [0.1, 0.15) is 12.2 Å². The van der Waals surface area contributed by atoms with E-state index in [9.17, 15) is 9.90 Å². The molecule has 0 spiro atoms. The van der Waals surface area contributed by atoms with Gasteiger partial charge in [-0.3, -0.25) is 0 Å². The van der Waals surface area contributed by atoms with E-state index >= 15 is 0 Å². The summed E-state index contributed by atoms with van der Waals surface area (Å²) in [5.41, 5.74) is 6.67. The maximum absolute atomic E-state index is 10.7. The number of aryl methyl sites for hydroxylation is 1. The minimum absolute atomic E-state index is 0.512. The van der Waals surface area contributed by atoms with E-state index in [1.165, 1.54) is 0 Å². The molecule has 0 aromatic heterocycles. The molecule has 0 bridgehead atoms. The van der Waals surface area contributed by atoms with Gasteiger partial charge in [-0.1, -0.05) is 31.2 Å². The van der Waals surface area contributed by atoms with E-state index in [-0.39, 0.29) is 0 Å². The molecule has 4 heteroatoms. The fraction of sp³-hybridized carbons (Fsp3) is 0.417. The van der Waals surface area contributed by atoms with Crippen LogP contribution in [0, 0.1) is 6.92 Å². The SMILES string of the molecule is CCC(OC(N)=O)C(O)c1ccccc1C. The van der Waals surface area contributed by atoms with Crippen molar-refractivity contribution in [3.8, 4) is 0 Å². The average molecular weight is 223 g/mol. The molecule has 3 N–H and O–H groups in total. The van der Waals surface area contributed by atoms with Gasteiger partial charge in [0.15, 0.2) is 0 Å². The van der Waals surface area contributed by atoms with Crippen molar-refractivity contribution in [1.82, 2.24) is 0 Å². The molecule has 1 aromatic carbocycles. The summed E-state index contributed by atoms with van der Waals surface area (Å²) in [7, 11) is 0. The van der Waals surface area contributed by atoms with Crippen molar-refractivity contribution in [1.29, 1.82) is 0 Å². The summed E-state index contributed by atoms with van der Waals surface area (Å²) in [5.74, 6) is 0. The van der Waals surface area contributed by atoms with Gasteiger partial charge >= 0.3 is 6.09 Å². The van der Waals surface area contributed by atoms with E-state index in [0.29, 0.717) is 6.42 Å². The number of hydrogen-bond acceptors (Lipinski definition) is 3. The molecule has 4 nitrogen and oxygen atoms in total. The number of aliphatic hydroxyl groups excluding tert-OH is 1. The number of aliphatic hydroxyl groups is 1. The Hall–Kier alpha value is -1.55. The average Bonchev–Trinajstić information content (AvgIpc) is 2.25. The summed E-state index contributed by atoms with van der Waals surface area (Å²) >= 11 is 0. The van der Waals surface area contributed by atoms with Gasteiger partial charge in [-0.15, -0.1) is 0 Å². The molecule has 0 saturated heterocycles. The number of ether oxygens (including phenoxy) is 1. The van der Waals surface area contributed by atoms with Gasteiger partial charge in [-0.05, 0) is 24.5 Å². The molecule has 16 heavy (non-hydrogen) atoms. The Labute approximate surface area is 95.0 Å². The standard InChI is InChI=1S/C12H17NO3/c1-3-10(16-12(13)15)11(14)9-7-5-4-6-8(9)2/h4-7,10-11,14H,3H2,1-2H3,(H2,13,15). The highest BCUT2D eigenvalue weighted by Gasteiger charge is 2.23. The second-order valence-corrected chi connectivity index (χ2v) is 3.69. The lowest BCUT2D eigenvalue weighted by Gasteiger charge is -2.22. The number of nitrogens with two attached hydrogens (primary N) is 1.